The van der Waals surface area contributed by atoms with Gasteiger partial charge in [-0.2, -0.15) is 0 Å². The van der Waals surface area contributed by atoms with E-state index in [0.717, 1.165) is 4.43 Å². The summed E-state index contributed by atoms with van der Waals surface area (Å²) in [6, 6.07) is 1.34. The van der Waals surface area contributed by atoms with Crippen molar-refractivity contribution >= 4 is 30.9 Å². The smallest absolute Gasteiger partial charge is 0.330 e. The molecule has 1 aromatic heterocycles. The maximum Gasteiger partial charge on any atom is 0.330 e. The molecule has 8 heteroatoms. The number of hydrogen-bond acceptors (Lipinski definition) is 4. The highest BCUT2D eigenvalue weighted by molar-refractivity contribution is 14.1. The molecule has 2 heterocycles. The van der Waals surface area contributed by atoms with Gasteiger partial charge in [-0.25, -0.2) is 4.79 Å². The number of hydrogen-bond donors (Lipinski definition) is 1. The van der Waals surface area contributed by atoms with Gasteiger partial charge in [-0.1, -0.05) is 43.4 Å². The van der Waals surface area contributed by atoms with E-state index in [4.69, 9.17) is 9.16 Å². The normalized spacial score (nSPS) is 25.2. The van der Waals surface area contributed by atoms with Crippen molar-refractivity contribution < 1.29 is 9.16 Å². The lowest BCUT2D eigenvalue weighted by Gasteiger charge is -2.46. The topological polar surface area (TPSA) is 73.3 Å². The van der Waals surface area contributed by atoms with Gasteiger partial charge in [0.05, 0.1) is 12.7 Å². The number of H-pyrrole nitrogens is 1. The Labute approximate surface area is 150 Å². The Morgan fingerprint density at radius 2 is 2.04 bits per heavy atom. The molecule has 3 atom stereocenters. The van der Waals surface area contributed by atoms with Gasteiger partial charge in [-0.05, 0) is 18.1 Å². The Kier molecular flexibility index (Phi) is 5.59. The van der Waals surface area contributed by atoms with Crippen LogP contribution in [0.3, 0.4) is 0 Å². The van der Waals surface area contributed by atoms with Gasteiger partial charge in [0.1, 0.15) is 6.23 Å². The molecule has 1 aliphatic rings. The predicted molar refractivity (Wildman–Crippen MR) is 101 cm³/mol. The van der Waals surface area contributed by atoms with E-state index in [1.165, 1.54) is 16.8 Å². The predicted octanol–water partition coefficient (Wildman–Crippen LogP) is 2.51. The molecule has 0 aromatic carbocycles. The summed E-state index contributed by atoms with van der Waals surface area (Å²) < 4.78 is 14.4. The number of rotatable bonds is 5. The van der Waals surface area contributed by atoms with E-state index in [9.17, 15) is 9.59 Å². The van der Waals surface area contributed by atoms with E-state index < -0.39 is 19.6 Å². The third kappa shape index (κ3) is 3.97. The summed E-state index contributed by atoms with van der Waals surface area (Å²) in [7, 11) is -1.81. The maximum absolute atomic E-state index is 11.9. The second-order valence-electron chi connectivity index (χ2n) is 7.47. The molecule has 0 amide bonds. The highest BCUT2D eigenvalue weighted by Crippen LogP contribution is 2.41. The van der Waals surface area contributed by atoms with Crippen LogP contribution in [-0.2, 0) is 9.16 Å². The molecule has 0 aliphatic carbocycles. The van der Waals surface area contributed by atoms with Gasteiger partial charge in [-0.3, -0.25) is 14.3 Å². The highest BCUT2D eigenvalue weighted by Gasteiger charge is 2.45. The highest BCUT2D eigenvalue weighted by atomic mass is 127. The van der Waals surface area contributed by atoms with Gasteiger partial charge in [0.15, 0.2) is 8.32 Å². The van der Waals surface area contributed by atoms with E-state index in [0.29, 0.717) is 6.61 Å². The van der Waals surface area contributed by atoms with Crippen molar-refractivity contribution in [1.82, 2.24) is 9.55 Å². The fourth-order valence-electron chi connectivity index (χ4n) is 2.22. The van der Waals surface area contributed by atoms with E-state index in [1.807, 2.05) is 0 Å². The number of alkyl halides is 1. The molecule has 1 saturated heterocycles. The zero-order chi connectivity index (χ0) is 17.4. The molecule has 1 aromatic rings. The van der Waals surface area contributed by atoms with Crippen molar-refractivity contribution in [3.05, 3.63) is 33.1 Å². The van der Waals surface area contributed by atoms with Crippen LogP contribution >= 0.6 is 22.6 Å². The molecule has 0 radical (unpaired) electrons. The Hall–Kier alpha value is -0.453. The van der Waals surface area contributed by atoms with Crippen LogP contribution in [0.25, 0.3) is 0 Å². The summed E-state index contributed by atoms with van der Waals surface area (Å²) in [5.41, 5.74) is -0.824. The zero-order valence-corrected chi connectivity index (χ0v) is 17.4. The summed E-state index contributed by atoms with van der Waals surface area (Å²) in [5.74, 6) is 0.198. The van der Waals surface area contributed by atoms with E-state index >= 15 is 0 Å². The Balaban J connectivity index is 2.04. The minimum absolute atomic E-state index is 0.00940. The van der Waals surface area contributed by atoms with Crippen LogP contribution < -0.4 is 11.2 Å². The summed E-state index contributed by atoms with van der Waals surface area (Å²) in [6.45, 7) is 11.6. The average molecular weight is 452 g/mol. The van der Waals surface area contributed by atoms with Gasteiger partial charge >= 0.3 is 5.69 Å². The molecule has 6 nitrogen and oxygen atoms in total. The molecule has 1 fully saturated rings. The molecule has 0 saturated carbocycles. The molecule has 0 spiro atoms. The van der Waals surface area contributed by atoms with Gasteiger partial charge in [0, 0.05) is 22.6 Å². The van der Waals surface area contributed by atoms with Crippen molar-refractivity contribution in [2.45, 2.75) is 51.2 Å². The molecule has 23 heavy (non-hydrogen) atoms. The zero-order valence-electron chi connectivity index (χ0n) is 14.3. The quantitative estimate of drug-likeness (QED) is 0.424. The van der Waals surface area contributed by atoms with Crippen LogP contribution in [0.4, 0.5) is 0 Å². The molecule has 130 valence electrons. The number of nitrogens with zero attached hydrogens (tertiary/aromatic N) is 1. The van der Waals surface area contributed by atoms with Crippen molar-refractivity contribution in [2.75, 3.05) is 11.0 Å². The van der Waals surface area contributed by atoms with E-state index in [-0.39, 0.29) is 23.3 Å². The van der Waals surface area contributed by atoms with Crippen LogP contribution in [0.15, 0.2) is 21.9 Å². The number of aromatic nitrogens is 2. The summed E-state index contributed by atoms with van der Waals surface area (Å²) in [6.07, 6.45) is 1.16. The SMILES string of the molecule is CC(C)(C)[Si](C)(C)OC[C@H]1O[C@@H](n2ccc(=O)[nH]c2=O)[C@@H]1CI. The number of ether oxygens (including phenoxy) is 1. The monoisotopic (exact) mass is 452 g/mol. The second kappa shape index (κ2) is 6.81. The van der Waals surface area contributed by atoms with E-state index in [1.54, 1.807) is 0 Å². The Bertz CT molecular complexity index is 664. The Morgan fingerprint density at radius 1 is 1.39 bits per heavy atom. The van der Waals surface area contributed by atoms with Gasteiger partial charge in [0.25, 0.3) is 5.56 Å². The number of nitrogens with one attached hydrogen (secondary N) is 1. The van der Waals surface area contributed by atoms with Crippen molar-refractivity contribution in [1.29, 1.82) is 0 Å². The summed E-state index contributed by atoms with van der Waals surface area (Å²) >= 11 is 2.31. The second-order valence-corrected chi connectivity index (χ2v) is 13.2. The molecule has 0 bridgehead atoms. The molecule has 2 rings (SSSR count). The molecular weight excluding hydrogens is 427 g/mol. The van der Waals surface area contributed by atoms with Crippen LogP contribution in [0.5, 0.6) is 0 Å². The minimum Gasteiger partial charge on any atom is -0.414 e. The van der Waals surface area contributed by atoms with Crippen LogP contribution in [-0.4, -0.2) is 35.0 Å². The summed E-state index contributed by atoms with van der Waals surface area (Å²) in [4.78, 5) is 25.3. The molecule has 0 unspecified atom stereocenters. The van der Waals surface area contributed by atoms with Crippen LogP contribution in [0.1, 0.15) is 27.0 Å². The molecule has 1 aliphatic heterocycles. The minimum atomic E-state index is -1.81. The first kappa shape index (κ1) is 18.9. The maximum atomic E-state index is 11.9. The lowest BCUT2D eigenvalue weighted by Crippen LogP contribution is -2.54. The van der Waals surface area contributed by atoms with Gasteiger partial charge in [-0.15, -0.1) is 0 Å². The number of halogens is 1. The molecular formula is C15H25IN2O4Si. The van der Waals surface area contributed by atoms with E-state index in [2.05, 4.69) is 61.4 Å². The lowest BCUT2D eigenvalue weighted by atomic mass is 9.97. The third-order valence-corrected chi connectivity index (χ3v) is 10.4. The van der Waals surface area contributed by atoms with Crippen LogP contribution in [0.2, 0.25) is 18.1 Å². The van der Waals surface area contributed by atoms with Gasteiger partial charge < -0.3 is 9.16 Å². The first-order valence-corrected chi connectivity index (χ1v) is 12.2. The largest absolute Gasteiger partial charge is 0.414 e. The lowest BCUT2D eigenvalue weighted by molar-refractivity contribution is -0.225. The Morgan fingerprint density at radius 3 is 2.57 bits per heavy atom. The molecule has 1 N–H and O–H groups in total. The fraction of sp³-hybridized carbons (Fsp3) is 0.733. The number of aromatic amines is 1. The third-order valence-electron chi connectivity index (χ3n) is 4.88. The van der Waals surface area contributed by atoms with Crippen molar-refractivity contribution in [3.63, 3.8) is 0 Å². The standard InChI is InChI=1S/C15H25IN2O4Si/c1-15(2,3)23(4,5)21-9-11-10(8-16)13(22-11)18-7-6-12(19)17-14(18)20/h6-7,10-11,13H,8-9H2,1-5H3,(H,17,19,20)/t10-,11-,13-/m1/s1. The fourth-order valence-corrected chi connectivity index (χ4v) is 4.24. The van der Waals surface area contributed by atoms with Gasteiger partial charge in [0.2, 0.25) is 0 Å². The average Bonchev–Trinajstić information content (AvgIpc) is 2.38. The first-order valence-electron chi connectivity index (χ1n) is 7.73. The summed E-state index contributed by atoms with van der Waals surface area (Å²) in [5, 5.41) is 0.159. The van der Waals surface area contributed by atoms with Crippen molar-refractivity contribution in [2.24, 2.45) is 5.92 Å². The van der Waals surface area contributed by atoms with Crippen LogP contribution in [0, 0.1) is 5.92 Å². The first-order chi connectivity index (χ1) is 10.6. The van der Waals surface area contributed by atoms with Crippen molar-refractivity contribution in [3.8, 4) is 0 Å².